The van der Waals surface area contributed by atoms with Crippen LogP contribution in [0.3, 0.4) is 0 Å². The Balaban J connectivity index is 1.93. The molecule has 0 unspecified atom stereocenters. The van der Waals surface area contributed by atoms with Crippen LogP contribution >= 0.6 is 23.2 Å². The van der Waals surface area contributed by atoms with Crippen LogP contribution in [-0.4, -0.2) is 30.1 Å². The van der Waals surface area contributed by atoms with Gasteiger partial charge in [-0.3, -0.25) is 4.79 Å². The summed E-state index contributed by atoms with van der Waals surface area (Å²) in [6, 6.07) is 25.4. The Morgan fingerprint density at radius 3 is 1.90 bits per heavy atom. The second-order valence-corrected chi connectivity index (χ2v) is 16.2. The lowest BCUT2D eigenvalue weighted by molar-refractivity contribution is -0.244. The van der Waals surface area contributed by atoms with Crippen molar-refractivity contribution in [2.24, 2.45) is 5.10 Å². The van der Waals surface area contributed by atoms with Crippen LogP contribution in [0.2, 0.25) is 0 Å². The molecule has 1 atom stereocenters. The Labute approximate surface area is 254 Å². The zero-order chi connectivity index (χ0) is 29.2. The zero-order valence-electron chi connectivity index (χ0n) is 24.5. The maximum Gasteiger partial charge on any atom is 0.271 e. The molecule has 41 heavy (non-hydrogen) atoms. The number of hydrogen-bond acceptors (Lipinski definition) is 3. The third-order valence-corrected chi connectivity index (χ3v) is 13.9. The van der Waals surface area contributed by atoms with Gasteiger partial charge in [0.25, 0.3) is 5.91 Å². The van der Waals surface area contributed by atoms with Crippen LogP contribution in [0.25, 0.3) is 5.76 Å². The number of nitrogens with zero attached hydrogens (tertiary/aromatic N) is 1. The second kappa shape index (κ2) is 14.9. The molecule has 1 N–H and O–H groups in total. The van der Waals surface area contributed by atoms with Crippen molar-refractivity contribution in [1.82, 2.24) is 5.43 Å². The summed E-state index contributed by atoms with van der Waals surface area (Å²) in [6.07, 6.45) is 10.3. The summed E-state index contributed by atoms with van der Waals surface area (Å²) in [5, 5.41) is 19.2. The highest BCUT2D eigenvalue weighted by atomic mass is 79.9. The van der Waals surface area contributed by atoms with Crippen molar-refractivity contribution in [3.8, 4) is 0 Å². The van der Waals surface area contributed by atoms with Crippen molar-refractivity contribution < 1.29 is 9.90 Å². The summed E-state index contributed by atoms with van der Waals surface area (Å²) in [5.41, 5.74) is 7.37. The van der Waals surface area contributed by atoms with E-state index in [1.54, 1.807) is 12.1 Å². The van der Waals surface area contributed by atoms with Crippen molar-refractivity contribution >= 4 is 40.6 Å². The first-order valence-electron chi connectivity index (χ1n) is 15.0. The topological polar surface area (TPSA) is 64.5 Å². The van der Waals surface area contributed by atoms with Gasteiger partial charge in [-0.1, -0.05) is 116 Å². The lowest BCUT2D eigenvalue weighted by Crippen LogP contribution is -2.25. The molecule has 4 rings (SSSR count). The second-order valence-electron chi connectivity index (χ2n) is 11.0. The van der Waals surface area contributed by atoms with E-state index in [4.69, 9.17) is 5.10 Å². The molecule has 0 aromatic heterocycles. The van der Waals surface area contributed by atoms with Gasteiger partial charge in [-0.15, -0.1) is 0 Å². The molecular weight excluding hydrogens is 591 g/mol. The van der Waals surface area contributed by atoms with Crippen LogP contribution in [0.1, 0.15) is 92.0 Å². The largest absolute Gasteiger partial charge is 0.872 e. The molecule has 0 saturated heterocycles. The molecule has 0 heterocycles. The van der Waals surface area contributed by atoms with Gasteiger partial charge in [0.05, 0.1) is 24.2 Å². The van der Waals surface area contributed by atoms with Gasteiger partial charge in [-0.05, 0) is 54.7 Å². The molecule has 0 fully saturated rings. The number of nitrogens with one attached hydrogen (secondary N) is 1. The van der Waals surface area contributed by atoms with E-state index in [1.807, 2.05) is 42.5 Å². The molecule has 0 radical (unpaired) electrons. The number of unbranched alkanes of at least 4 members (excludes halogenated alkanes) is 3. The maximum absolute atomic E-state index is 14.4. The minimum atomic E-state index is -1.72. The number of carbonyl (C=O) groups excluding carboxylic acids is 1. The molecular formula is C35H42BrN2O2P. The summed E-state index contributed by atoms with van der Waals surface area (Å²) in [6.45, 7) is 6.79. The average molecular weight is 634 g/mol. The van der Waals surface area contributed by atoms with Gasteiger partial charge in [0.1, 0.15) is 5.66 Å². The molecule has 1 amide bonds. The summed E-state index contributed by atoms with van der Waals surface area (Å²) >= 11 is 3.63. The molecule has 0 aliphatic heterocycles. The summed E-state index contributed by atoms with van der Waals surface area (Å²) < 4.78 is 1.02. The van der Waals surface area contributed by atoms with E-state index in [1.165, 1.54) is 5.56 Å². The first-order chi connectivity index (χ1) is 20.0. The molecule has 0 spiro atoms. The van der Waals surface area contributed by atoms with Crippen molar-refractivity contribution in [1.29, 1.82) is 0 Å². The monoisotopic (exact) mass is 632 g/mol. The lowest BCUT2D eigenvalue weighted by atomic mass is 10.0. The smallest absolute Gasteiger partial charge is 0.271 e. The number of hydrogen-bond donors (Lipinski definition) is 1. The van der Waals surface area contributed by atoms with Crippen LogP contribution in [0.5, 0.6) is 0 Å². The molecule has 6 heteroatoms. The van der Waals surface area contributed by atoms with Gasteiger partial charge in [0.2, 0.25) is 0 Å². The fraction of sp³-hybridized carbons (Fsp3) is 0.371. The standard InChI is InChI=1S/C35H42BrN2O2P/c1-4-7-23-41(24-8-5-2,25-9-6-3)34(26-19-21-28(36)22-20-26)31-32(29-17-13-14-18-30(29)33(31)39)37-38-35(40)27-15-11-10-12-16-27/h10-22,34H,4-9,23-25H2,1-3H3,(H-,37,38,39,40)/t34-/m1/s1. The van der Waals surface area contributed by atoms with Crippen LogP contribution in [0.4, 0.5) is 0 Å². The summed E-state index contributed by atoms with van der Waals surface area (Å²) in [7, 11) is -1.72. The number of fused-ring (bicyclic) bond motifs is 1. The average Bonchev–Trinajstić information content (AvgIpc) is 3.28. The van der Waals surface area contributed by atoms with Crippen LogP contribution in [0.15, 0.2) is 94.0 Å². The van der Waals surface area contributed by atoms with E-state index < -0.39 is 7.26 Å². The summed E-state index contributed by atoms with van der Waals surface area (Å²) in [5.74, 6) is -0.228. The molecule has 3 aromatic carbocycles. The third-order valence-electron chi connectivity index (χ3n) is 8.11. The number of hydrazone groups is 1. The summed E-state index contributed by atoms with van der Waals surface area (Å²) in [4.78, 5) is 13.1. The van der Waals surface area contributed by atoms with Gasteiger partial charge in [0, 0.05) is 28.4 Å². The maximum atomic E-state index is 14.4. The molecule has 4 nitrogen and oxygen atoms in total. The van der Waals surface area contributed by atoms with Gasteiger partial charge >= 0.3 is 0 Å². The minimum absolute atomic E-state index is 0.0347. The fourth-order valence-corrected chi connectivity index (χ4v) is 12.1. The minimum Gasteiger partial charge on any atom is -0.872 e. The highest BCUT2D eigenvalue weighted by molar-refractivity contribution is 9.10. The number of rotatable bonds is 14. The van der Waals surface area contributed by atoms with E-state index in [0.29, 0.717) is 16.8 Å². The Hall–Kier alpha value is -2.75. The molecule has 3 aromatic rings. The predicted molar refractivity (Wildman–Crippen MR) is 177 cm³/mol. The predicted octanol–water partition coefficient (Wildman–Crippen LogP) is 8.83. The van der Waals surface area contributed by atoms with E-state index in [0.717, 1.165) is 72.6 Å². The quantitative estimate of drug-likeness (QED) is 0.142. The molecule has 1 aliphatic rings. The number of allylic oxidation sites excluding steroid dienone is 1. The molecule has 216 valence electrons. The number of amides is 1. The van der Waals surface area contributed by atoms with Crippen molar-refractivity contribution in [3.05, 3.63) is 111 Å². The van der Waals surface area contributed by atoms with Crippen LogP contribution in [0, 0.1) is 0 Å². The van der Waals surface area contributed by atoms with Gasteiger partial charge in [-0.2, -0.15) is 5.10 Å². The van der Waals surface area contributed by atoms with E-state index >= 15 is 0 Å². The number of benzene rings is 3. The van der Waals surface area contributed by atoms with E-state index in [2.05, 4.69) is 66.4 Å². The Kier molecular flexibility index (Phi) is 11.4. The van der Waals surface area contributed by atoms with E-state index in [-0.39, 0.29) is 17.3 Å². The number of halogens is 1. The van der Waals surface area contributed by atoms with Gasteiger partial charge in [0.15, 0.2) is 0 Å². The number of carbonyl (C=O) groups is 1. The Morgan fingerprint density at radius 1 is 0.805 bits per heavy atom. The first kappa shape index (κ1) is 31.2. The van der Waals surface area contributed by atoms with Crippen LogP contribution in [-0.2, 0) is 0 Å². The Morgan fingerprint density at radius 2 is 1.34 bits per heavy atom. The van der Waals surface area contributed by atoms with E-state index in [9.17, 15) is 9.90 Å². The lowest BCUT2D eigenvalue weighted by Gasteiger charge is -2.38. The van der Waals surface area contributed by atoms with Gasteiger partial charge in [-0.25, -0.2) is 5.43 Å². The SMILES string of the molecule is CCCC[P+](CCCC)(CCCC)[C@@H](C1=C([O-])c2ccccc2/C1=N/NC(=O)c1ccccc1)c1ccc(Br)cc1. The fourth-order valence-electron chi connectivity index (χ4n) is 5.96. The van der Waals surface area contributed by atoms with Gasteiger partial charge < -0.3 is 5.11 Å². The molecule has 1 aliphatic carbocycles. The zero-order valence-corrected chi connectivity index (χ0v) is 27.0. The molecule has 0 saturated carbocycles. The Bertz CT molecular complexity index is 1350. The van der Waals surface area contributed by atoms with Crippen LogP contribution < -0.4 is 10.5 Å². The highest BCUT2D eigenvalue weighted by Crippen LogP contribution is 2.74. The normalized spacial score (nSPS) is 14.8. The van der Waals surface area contributed by atoms with Crippen molar-refractivity contribution in [2.75, 3.05) is 18.5 Å². The molecule has 0 bridgehead atoms. The third kappa shape index (κ3) is 7.19. The first-order valence-corrected chi connectivity index (χ1v) is 18.2. The van der Waals surface area contributed by atoms with Crippen molar-refractivity contribution in [3.63, 3.8) is 0 Å². The highest BCUT2D eigenvalue weighted by Gasteiger charge is 2.49. The van der Waals surface area contributed by atoms with Crippen molar-refractivity contribution in [2.45, 2.75) is 65.0 Å².